The van der Waals surface area contributed by atoms with Gasteiger partial charge in [0.2, 0.25) is 5.91 Å². The van der Waals surface area contributed by atoms with Crippen molar-refractivity contribution in [2.24, 2.45) is 11.0 Å². The van der Waals surface area contributed by atoms with E-state index in [1.165, 1.54) is 17.8 Å². The Bertz CT molecular complexity index is 410. The highest BCUT2D eigenvalue weighted by Crippen LogP contribution is 2.23. The van der Waals surface area contributed by atoms with Crippen LogP contribution in [0.1, 0.15) is 37.0 Å². The van der Waals surface area contributed by atoms with Crippen LogP contribution in [0.2, 0.25) is 4.34 Å². The molecule has 1 aromatic heterocycles. The molecule has 5 heteroatoms. The van der Waals surface area contributed by atoms with Gasteiger partial charge in [-0.25, -0.2) is 5.43 Å². The smallest absolute Gasteiger partial charge is 0.243 e. The van der Waals surface area contributed by atoms with Crippen LogP contribution in [0.4, 0.5) is 0 Å². The summed E-state index contributed by atoms with van der Waals surface area (Å²) in [6.07, 6.45) is 7.18. The largest absolute Gasteiger partial charge is 0.273 e. The first-order chi connectivity index (χ1) is 8.25. The van der Waals surface area contributed by atoms with Crippen molar-refractivity contribution in [2.45, 2.75) is 32.1 Å². The third-order valence-electron chi connectivity index (χ3n) is 2.94. The number of nitrogens with zero attached hydrogens (tertiary/aromatic N) is 1. The molecule has 0 unspecified atom stereocenters. The predicted molar refractivity (Wildman–Crippen MR) is 71.6 cm³/mol. The van der Waals surface area contributed by atoms with Crippen LogP contribution in [0.5, 0.6) is 0 Å². The van der Waals surface area contributed by atoms with Crippen LogP contribution in [-0.4, -0.2) is 12.1 Å². The quantitative estimate of drug-likeness (QED) is 0.663. The Kier molecular flexibility index (Phi) is 4.57. The molecule has 0 aromatic carbocycles. The third-order valence-corrected chi connectivity index (χ3v) is 4.10. The Labute approximate surface area is 110 Å². The van der Waals surface area contributed by atoms with Gasteiger partial charge in [-0.1, -0.05) is 30.9 Å². The number of hydrazone groups is 1. The van der Waals surface area contributed by atoms with E-state index in [0.717, 1.165) is 34.9 Å². The van der Waals surface area contributed by atoms with Gasteiger partial charge in [-0.3, -0.25) is 4.79 Å². The zero-order valence-electron chi connectivity index (χ0n) is 9.49. The fourth-order valence-corrected chi connectivity index (χ4v) is 2.95. The molecule has 1 aromatic rings. The summed E-state index contributed by atoms with van der Waals surface area (Å²) < 4.78 is 0.727. The van der Waals surface area contributed by atoms with Gasteiger partial charge in [-0.2, -0.15) is 5.10 Å². The molecular weight excluding hydrogens is 256 g/mol. The number of nitrogens with one attached hydrogen (secondary N) is 1. The monoisotopic (exact) mass is 270 g/mol. The minimum atomic E-state index is 0.0450. The zero-order chi connectivity index (χ0) is 12.1. The van der Waals surface area contributed by atoms with Gasteiger partial charge in [0.05, 0.1) is 10.6 Å². The second-order valence-electron chi connectivity index (χ2n) is 4.21. The molecule has 2 rings (SSSR count). The first kappa shape index (κ1) is 12.6. The minimum absolute atomic E-state index is 0.0450. The van der Waals surface area contributed by atoms with E-state index in [9.17, 15) is 4.79 Å². The van der Waals surface area contributed by atoms with E-state index in [1.54, 1.807) is 6.21 Å². The standard InChI is InChI=1S/C12H15ClN2OS/c13-11-7-6-10(17-11)8-14-15-12(16)9-4-2-1-3-5-9/h6-9H,1-5H2,(H,15,16)/b14-8+. The molecule has 1 saturated carbocycles. The van der Waals surface area contributed by atoms with Gasteiger partial charge < -0.3 is 0 Å². The highest BCUT2D eigenvalue weighted by molar-refractivity contribution is 7.17. The van der Waals surface area contributed by atoms with Crippen molar-refractivity contribution < 1.29 is 4.79 Å². The van der Waals surface area contributed by atoms with E-state index in [4.69, 9.17) is 11.6 Å². The second-order valence-corrected chi connectivity index (χ2v) is 5.96. The van der Waals surface area contributed by atoms with Gasteiger partial charge in [0, 0.05) is 10.8 Å². The Morgan fingerprint density at radius 3 is 2.82 bits per heavy atom. The van der Waals surface area contributed by atoms with Crippen LogP contribution in [-0.2, 0) is 4.79 Å². The number of hydrogen-bond donors (Lipinski definition) is 1. The molecule has 1 N–H and O–H groups in total. The van der Waals surface area contributed by atoms with Crippen molar-refractivity contribution in [3.63, 3.8) is 0 Å². The molecule has 0 aliphatic heterocycles. The van der Waals surface area contributed by atoms with Crippen LogP contribution >= 0.6 is 22.9 Å². The summed E-state index contributed by atoms with van der Waals surface area (Å²) in [7, 11) is 0. The summed E-state index contributed by atoms with van der Waals surface area (Å²) in [6.45, 7) is 0. The normalized spacial score (nSPS) is 17.5. The van der Waals surface area contributed by atoms with Gasteiger partial charge in [-0.05, 0) is 25.0 Å². The van der Waals surface area contributed by atoms with Crippen LogP contribution in [0.15, 0.2) is 17.2 Å². The summed E-state index contributed by atoms with van der Waals surface area (Å²) in [5, 5.41) is 3.96. The fourth-order valence-electron chi connectivity index (χ4n) is 2.01. The minimum Gasteiger partial charge on any atom is -0.273 e. The molecule has 1 fully saturated rings. The number of thiophene rings is 1. The number of carbonyl (C=O) groups excluding carboxylic acids is 1. The van der Waals surface area contributed by atoms with Gasteiger partial charge in [0.25, 0.3) is 0 Å². The lowest BCUT2D eigenvalue weighted by atomic mass is 9.89. The number of carbonyl (C=O) groups is 1. The van der Waals surface area contributed by atoms with Crippen LogP contribution in [0.3, 0.4) is 0 Å². The zero-order valence-corrected chi connectivity index (χ0v) is 11.1. The van der Waals surface area contributed by atoms with E-state index in [0.29, 0.717) is 0 Å². The van der Waals surface area contributed by atoms with Crippen molar-refractivity contribution in [1.82, 2.24) is 5.43 Å². The molecule has 1 aliphatic rings. The topological polar surface area (TPSA) is 41.5 Å². The van der Waals surface area contributed by atoms with Crippen molar-refractivity contribution in [2.75, 3.05) is 0 Å². The first-order valence-electron chi connectivity index (χ1n) is 5.84. The molecule has 17 heavy (non-hydrogen) atoms. The molecule has 0 saturated heterocycles. The molecule has 1 aliphatic carbocycles. The van der Waals surface area contributed by atoms with Crippen LogP contribution in [0.25, 0.3) is 0 Å². The number of amides is 1. The molecule has 1 heterocycles. The Morgan fingerprint density at radius 2 is 2.18 bits per heavy atom. The van der Waals surface area contributed by atoms with Crippen LogP contribution in [0, 0.1) is 5.92 Å². The van der Waals surface area contributed by atoms with Crippen molar-refractivity contribution in [3.8, 4) is 0 Å². The average molecular weight is 271 g/mol. The predicted octanol–water partition coefficient (Wildman–Crippen LogP) is 3.43. The first-order valence-corrected chi connectivity index (χ1v) is 7.03. The Balaban J connectivity index is 1.81. The van der Waals surface area contributed by atoms with E-state index >= 15 is 0 Å². The van der Waals surface area contributed by atoms with Gasteiger partial charge in [0.1, 0.15) is 0 Å². The molecule has 1 amide bonds. The maximum absolute atomic E-state index is 11.7. The highest BCUT2D eigenvalue weighted by atomic mass is 35.5. The summed E-state index contributed by atoms with van der Waals surface area (Å²) in [4.78, 5) is 12.7. The number of hydrogen-bond acceptors (Lipinski definition) is 3. The van der Waals surface area contributed by atoms with E-state index in [-0.39, 0.29) is 11.8 Å². The Hall–Kier alpha value is -0.870. The summed E-state index contributed by atoms with van der Waals surface area (Å²) in [5.74, 6) is 0.191. The maximum Gasteiger partial charge on any atom is 0.243 e. The Morgan fingerprint density at radius 1 is 1.41 bits per heavy atom. The second kappa shape index (κ2) is 6.17. The van der Waals surface area contributed by atoms with Crippen molar-refractivity contribution >= 4 is 35.1 Å². The molecule has 92 valence electrons. The van der Waals surface area contributed by atoms with E-state index in [2.05, 4.69) is 10.5 Å². The third kappa shape index (κ3) is 3.82. The molecule has 0 radical (unpaired) electrons. The number of halogens is 1. The summed E-state index contributed by atoms with van der Waals surface area (Å²) in [5.41, 5.74) is 2.60. The summed E-state index contributed by atoms with van der Waals surface area (Å²) in [6, 6.07) is 3.69. The average Bonchev–Trinajstić information content (AvgIpc) is 2.76. The molecule has 0 bridgehead atoms. The van der Waals surface area contributed by atoms with Gasteiger partial charge in [-0.15, -0.1) is 11.3 Å². The van der Waals surface area contributed by atoms with Crippen LogP contribution < -0.4 is 5.43 Å². The van der Waals surface area contributed by atoms with Gasteiger partial charge >= 0.3 is 0 Å². The maximum atomic E-state index is 11.7. The lowest BCUT2D eigenvalue weighted by Gasteiger charge is -2.19. The highest BCUT2D eigenvalue weighted by Gasteiger charge is 2.20. The summed E-state index contributed by atoms with van der Waals surface area (Å²) >= 11 is 7.23. The molecule has 0 spiro atoms. The SMILES string of the molecule is O=C(N/N=C/c1ccc(Cl)s1)C1CCCCC1. The molecular formula is C12H15ClN2OS. The fraction of sp³-hybridized carbons (Fsp3) is 0.500. The van der Waals surface area contributed by atoms with E-state index in [1.807, 2.05) is 12.1 Å². The lowest BCUT2D eigenvalue weighted by molar-refractivity contribution is -0.125. The molecule has 3 nitrogen and oxygen atoms in total. The van der Waals surface area contributed by atoms with E-state index < -0.39 is 0 Å². The lowest BCUT2D eigenvalue weighted by Crippen LogP contribution is -2.28. The number of rotatable bonds is 3. The van der Waals surface area contributed by atoms with Crippen molar-refractivity contribution in [3.05, 3.63) is 21.3 Å². The van der Waals surface area contributed by atoms with Crippen molar-refractivity contribution in [1.29, 1.82) is 0 Å². The molecule has 0 atom stereocenters. The van der Waals surface area contributed by atoms with Gasteiger partial charge in [0.15, 0.2) is 0 Å².